The zero-order valence-electron chi connectivity index (χ0n) is 20.4. The molecule has 10 nitrogen and oxygen atoms in total. The van der Waals surface area contributed by atoms with E-state index in [1.165, 1.54) is 12.8 Å². The molecule has 3 aromatic heterocycles. The molecule has 0 saturated heterocycles. The van der Waals surface area contributed by atoms with Crippen LogP contribution in [0.2, 0.25) is 0 Å². The Balaban J connectivity index is 1.35. The molecule has 0 spiro atoms. The smallest absolute Gasteiger partial charge is 0.252 e. The lowest BCUT2D eigenvalue weighted by Gasteiger charge is -2.35. The molecule has 1 atom stereocenters. The van der Waals surface area contributed by atoms with Gasteiger partial charge in [-0.3, -0.25) is 9.69 Å². The maximum atomic E-state index is 13.2. The zero-order chi connectivity index (χ0) is 24.5. The minimum Gasteiger partial charge on any atom is -0.486 e. The van der Waals surface area contributed by atoms with Crippen molar-refractivity contribution < 1.29 is 13.9 Å². The molecule has 36 heavy (non-hydrogen) atoms. The van der Waals surface area contributed by atoms with Crippen molar-refractivity contribution in [1.82, 2.24) is 30.1 Å². The first-order valence-corrected chi connectivity index (χ1v) is 12.7. The number of pyridine rings is 1. The third-order valence-corrected chi connectivity index (χ3v) is 7.26. The molecule has 1 aliphatic heterocycles. The second-order valence-corrected chi connectivity index (χ2v) is 9.52. The van der Waals surface area contributed by atoms with E-state index in [2.05, 4.69) is 32.3 Å². The number of ether oxygens (including phenoxy) is 2. The molecule has 4 aromatic rings. The molecule has 1 aromatic carbocycles. The molecule has 0 amide bonds. The van der Waals surface area contributed by atoms with E-state index in [1.807, 2.05) is 35.0 Å². The average molecular weight is 491 g/mol. The number of fused-ring (bicyclic) bond motifs is 2. The van der Waals surface area contributed by atoms with Gasteiger partial charge in [0.05, 0.1) is 17.8 Å². The van der Waals surface area contributed by atoms with Gasteiger partial charge in [0.2, 0.25) is 0 Å². The van der Waals surface area contributed by atoms with Crippen LogP contribution in [-0.4, -0.2) is 49.3 Å². The maximum absolute atomic E-state index is 13.2. The highest BCUT2D eigenvalue weighted by Gasteiger charge is 2.33. The second-order valence-electron chi connectivity index (χ2n) is 9.52. The Bertz CT molecular complexity index is 1390. The molecular weight excluding hydrogens is 460 g/mol. The number of furan rings is 1. The van der Waals surface area contributed by atoms with Gasteiger partial charge in [-0.05, 0) is 54.0 Å². The van der Waals surface area contributed by atoms with Gasteiger partial charge in [0, 0.05) is 29.6 Å². The Morgan fingerprint density at radius 1 is 1.17 bits per heavy atom. The van der Waals surface area contributed by atoms with Gasteiger partial charge in [0.15, 0.2) is 17.3 Å². The summed E-state index contributed by atoms with van der Waals surface area (Å²) < 4.78 is 18.8. The number of hydrogen-bond donors (Lipinski definition) is 1. The van der Waals surface area contributed by atoms with Crippen LogP contribution in [-0.2, 0) is 13.1 Å². The number of H-pyrrole nitrogens is 1. The highest BCUT2D eigenvalue weighted by Crippen LogP contribution is 2.36. The number of tetrazole rings is 1. The van der Waals surface area contributed by atoms with Gasteiger partial charge in [-0.25, -0.2) is 4.68 Å². The molecule has 1 saturated carbocycles. The van der Waals surface area contributed by atoms with Crippen LogP contribution in [0.1, 0.15) is 62.2 Å². The predicted octanol–water partition coefficient (Wildman–Crippen LogP) is 3.82. The lowest BCUT2D eigenvalue weighted by molar-refractivity contribution is 0.112. The summed E-state index contributed by atoms with van der Waals surface area (Å²) in [6.45, 7) is 4.15. The van der Waals surface area contributed by atoms with E-state index in [0.29, 0.717) is 43.8 Å². The lowest BCUT2D eigenvalue weighted by Crippen LogP contribution is -2.39. The topological polar surface area (TPSA) is 111 Å². The van der Waals surface area contributed by atoms with Crippen molar-refractivity contribution in [1.29, 1.82) is 0 Å². The fourth-order valence-corrected chi connectivity index (χ4v) is 5.51. The highest BCUT2D eigenvalue weighted by molar-refractivity contribution is 5.83. The summed E-state index contributed by atoms with van der Waals surface area (Å²) in [6, 6.07) is 9.89. The number of hydrogen-bond acceptors (Lipinski definition) is 8. The molecule has 188 valence electrons. The number of benzene rings is 1. The average Bonchev–Trinajstić information content (AvgIpc) is 3.67. The Morgan fingerprint density at radius 2 is 1.97 bits per heavy atom. The van der Waals surface area contributed by atoms with Gasteiger partial charge >= 0.3 is 0 Å². The van der Waals surface area contributed by atoms with Crippen LogP contribution in [0.3, 0.4) is 0 Å². The van der Waals surface area contributed by atoms with Crippen molar-refractivity contribution in [3.8, 4) is 11.5 Å². The molecule has 1 fully saturated rings. The van der Waals surface area contributed by atoms with Crippen molar-refractivity contribution in [3.63, 3.8) is 0 Å². The first-order chi connectivity index (χ1) is 17.7. The number of nitrogens with zero attached hydrogens (tertiary/aromatic N) is 5. The standard InChI is InChI=1S/C26H30N6O4/c1-2-22(25-28-29-30-32(25)16-20-8-5-9-34-20)31(19-6-3-4-7-19)15-18-12-17-13-23-24(36-11-10-35-23)14-21(17)27-26(18)33/h5,8-9,12-14,19,22H,2-4,6-7,10-11,15-16H2,1H3,(H,27,33)/t22-/m1/s1. The second kappa shape index (κ2) is 9.77. The Kier molecular flexibility index (Phi) is 6.18. The number of rotatable bonds is 8. The molecule has 0 unspecified atom stereocenters. The lowest BCUT2D eigenvalue weighted by atomic mass is 10.0. The number of nitrogens with one attached hydrogen (secondary N) is 1. The van der Waals surface area contributed by atoms with Gasteiger partial charge in [-0.1, -0.05) is 19.8 Å². The third kappa shape index (κ3) is 4.37. The summed E-state index contributed by atoms with van der Waals surface area (Å²) in [7, 11) is 0. The van der Waals surface area contributed by atoms with Crippen molar-refractivity contribution in [2.45, 2.75) is 64.2 Å². The van der Waals surface area contributed by atoms with Gasteiger partial charge in [-0.2, -0.15) is 0 Å². The summed E-state index contributed by atoms with van der Waals surface area (Å²) in [5, 5.41) is 13.6. The summed E-state index contributed by atoms with van der Waals surface area (Å²) in [5.41, 5.74) is 1.37. The van der Waals surface area contributed by atoms with Crippen molar-refractivity contribution >= 4 is 10.9 Å². The van der Waals surface area contributed by atoms with E-state index in [4.69, 9.17) is 13.9 Å². The maximum Gasteiger partial charge on any atom is 0.252 e. The van der Waals surface area contributed by atoms with Crippen molar-refractivity contribution in [2.75, 3.05) is 13.2 Å². The van der Waals surface area contributed by atoms with E-state index < -0.39 is 0 Å². The summed E-state index contributed by atoms with van der Waals surface area (Å²) in [5.74, 6) is 2.96. The van der Waals surface area contributed by atoms with Gasteiger partial charge in [0.1, 0.15) is 25.5 Å². The van der Waals surface area contributed by atoms with E-state index >= 15 is 0 Å². The molecular formula is C26H30N6O4. The van der Waals surface area contributed by atoms with Gasteiger partial charge in [0.25, 0.3) is 5.56 Å². The molecule has 2 aliphatic rings. The van der Waals surface area contributed by atoms with Crippen molar-refractivity contribution in [2.24, 2.45) is 0 Å². The Morgan fingerprint density at radius 3 is 2.72 bits per heavy atom. The summed E-state index contributed by atoms with van der Waals surface area (Å²) in [4.78, 5) is 18.7. The van der Waals surface area contributed by atoms with Crippen LogP contribution in [0, 0.1) is 0 Å². The largest absolute Gasteiger partial charge is 0.486 e. The van der Waals surface area contributed by atoms with Crippen LogP contribution in [0.25, 0.3) is 10.9 Å². The van der Waals surface area contributed by atoms with Gasteiger partial charge < -0.3 is 18.9 Å². The number of aromatic amines is 1. The molecule has 0 radical (unpaired) electrons. The Hall–Kier alpha value is -3.66. The fourth-order valence-electron chi connectivity index (χ4n) is 5.51. The van der Waals surface area contributed by atoms with Crippen LogP contribution in [0.5, 0.6) is 11.5 Å². The monoisotopic (exact) mass is 490 g/mol. The molecule has 4 heterocycles. The molecule has 1 N–H and O–H groups in total. The Labute approximate surface area is 208 Å². The molecule has 10 heteroatoms. The van der Waals surface area contributed by atoms with Crippen molar-refractivity contribution in [3.05, 3.63) is 64.1 Å². The summed E-state index contributed by atoms with van der Waals surface area (Å²) >= 11 is 0. The zero-order valence-corrected chi connectivity index (χ0v) is 20.4. The minimum absolute atomic E-state index is 0.0339. The minimum atomic E-state index is -0.0906. The highest BCUT2D eigenvalue weighted by atomic mass is 16.6. The van der Waals surface area contributed by atoms with E-state index in [0.717, 1.165) is 47.3 Å². The molecule has 6 rings (SSSR count). The molecule has 1 aliphatic carbocycles. The van der Waals surface area contributed by atoms with Crippen LogP contribution in [0.15, 0.2) is 45.8 Å². The first kappa shape index (κ1) is 22.8. The predicted molar refractivity (Wildman–Crippen MR) is 132 cm³/mol. The van der Waals surface area contributed by atoms with E-state index in [-0.39, 0.29) is 11.6 Å². The summed E-state index contributed by atoms with van der Waals surface area (Å²) in [6.07, 6.45) is 7.04. The van der Waals surface area contributed by atoms with E-state index in [1.54, 1.807) is 6.26 Å². The third-order valence-electron chi connectivity index (χ3n) is 7.26. The normalized spacial score (nSPS) is 16.7. The van der Waals surface area contributed by atoms with E-state index in [9.17, 15) is 4.79 Å². The van der Waals surface area contributed by atoms with Gasteiger partial charge in [-0.15, -0.1) is 5.10 Å². The molecule has 0 bridgehead atoms. The van der Waals surface area contributed by atoms with Crippen LogP contribution < -0.4 is 15.0 Å². The quantitative estimate of drug-likeness (QED) is 0.397. The fraction of sp³-hybridized carbons (Fsp3) is 0.462. The van der Waals surface area contributed by atoms with Crippen LogP contribution in [0.4, 0.5) is 0 Å². The number of aromatic nitrogens is 5. The van der Waals surface area contributed by atoms with Crippen LogP contribution >= 0.6 is 0 Å². The SMILES string of the molecule is CC[C@H](c1nnnn1Cc1ccco1)N(Cc1cc2cc3c(cc2[nH]c1=O)OCCO3)C1CCCC1. The first-order valence-electron chi connectivity index (χ1n) is 12.7.